The van der Waals surface area contributed by atoms with Crippen molar-refractivity contribution in [2.45, 2.75) is 6.18 Å². The zero-order chi connectivity index (χ0) is 18.0. The summed E-state index contributed by atoms with van der Waals surface area (Å²) in [6.45, 7) is 0. The summed E-state index contributed by atoms with van der Waals surface area (Å²) in [6, 6.07) is 12.0. The first-order valence-electron chi connectivity index (χ1n) is 7.10. The number of hydrogen-bond acceptors (Lipinski definition) is 3. The Balaban J connectivity index is 1.92. The quantitative estimate of drug-likeness (QED) is 0.760. The number of hydrogen-bond donors (Lipinski definition) is 2. The number of halogens is 3. The minimum atomic E-state index is -4.47. The molecule has 0 aliphatic heterocycles. The van der Waals surface area contributed by atoms with Crippen LogP contribution in [-0.4, -0.2) is 9.97 Å². The number of alkyl halides is 3. The number of nitrogens with one attached hydrogen (secondary N) is 2. The predicted octanol–water partition coefficient (Wildman–Crippen LogP) is 3.54. The number of benzene rings is 2. The van der Waals surface area contributed by atoms with Crippen LogP contribution in [0.4, 0.5) is 13.2 Å². The Labute approximate surface area is 138 Å². The topological polar surface area (TPSA) is 75.0 Å². The van der Waals surface area contributed by atoms with E-state index in [0.29, 0.717) is 5.56 Å². The third kappa shape index (κ3) is 3.97. The van der Waals surface area contributed by atoms with Crippen LogP contribution in [0.2, 0.25) is 0 Å². The maximum Gasteiger partial charge on any atom is 0.416 e. The molecule has 3 rings (SSSR count). The van der Waals surface area contributed by atoms with Gasteiger partial charge in [0.25, 0.3) is 5.56 Å². The number of H-pyrrole nitrogens is 2. The van der Waals surface area contributed by atoms with Crippen LogP contribution in [-0.2, 0) is 6.18 Å². The second-order valence-corrected chi connectivity index (χ2v) is 5.16. The predicted molar refractivity (Wildman–Crippen MR) is 84.6 cm³/mol. The van der Waals surface area contributed by atoms with E-state index in [4.69, 9.17) is 4.74 Å². The van der Waals surface area contributed by atoms with Crippen molar-refractivity contribution in [1.29, 1.82) is 0 Å². The fraction of sp³-hybridized carbons (Fsp3) is 0.0588. The van der Waals surface area contributed by atoms with Gasteiger partial charge in [-0.2, -0.15) is 13.2 Å². The van der Waals surface area contributed by atoms with Crippen LogP contribution in [0.5, 0.6) is 11.5 Å². The third-order valence-electron chi connectivity index (χ3n) is 3.30. The number of rotatable bonds is 3. The van der Waals surface area contributed by atoms with Crippen LogP contribution in [0.15, 0.2) is 64.2 Å². The van der Waals surface area contributed by atoms with Crippen LogP contribution < -0.4 is 16.0 Å². The first-order chi connectivity index (χ1) is 11.8. The molecule has 25 heavy (non-hydrogen) atoms. The van der Waals surface area contributed by atoms with Crippen molar-refractivity contribution >= 4 is 0 Å². The molecule has 3 aromatic rings. The van der Waals surface area contributed by atoms with Crippen molar-refractivity contribution in [3.8, 4) is 22.8 Å². The molecule has 1 aromatic heterocycles. The lowest BCUT2D eigenvalue weighted by atomic mass is 10.1. The monoisotopic (exact) mass is 348 g/mol. The lowest BCUT2D eigenvalue weighted by Gasteiger charge is -2.11. The molecule has 0 amide bonds. The van der Waals surface area contributed by atoms with E-state index in [9.17, 15) is 22.8 Å². The zero-order valence-corrected chi connectivity index (χ0v) is 12.6. The molecule has 128 valence electrons. The molecular weight excluding hydrogens is 337 g/mol. The van der Waals surface area contributed by atoms with Gasteiger partial charge in [-0.3, -0.25) is 9.78 Å². The average molecular weight is 348 g/mol. The highest BCUT2D eigenvalue weighted by atomic mass is 19.4. The van der Waals surface area contributed by atoms with E-state index in [1.807, 2.05) is 0 Å². The van der Waals surface area contributed by atoms with Crippen LogP contribution in [0, 0.1) is 0 Å². The lowest BCUT2D eigenvalue weighted by Crippen LogP contribution is -2.21. The fourth-order valence-corrected chi connectivity index (χ4v) is 2.22. The molecule has 2 N–H and O–H groups in total. The van der Waals surface area contributed by atoms with Crippen LogP contribution in [0.3, 0.4) is 0 Å². The molecule has 0 aliphatic carbocycles. The second kappa shape index (κ2) is 6.31. The van der Waals surface area contributed by atoms with Gasteiger partial charge in [-0.25, -0.2) is 4.79 Å². The summed E-state index contributed by atoms with van der Waals surface area (Å²) in [6.07, 6.45) is -4.47. The summed E-state index contributed by atoms with van der Waals surface area (Å²) in [5, 5.41) is 0. The Kier molecular flexibility index (Phi) is 4.18. The summed E-state index contributed by atoms with van der Waals surface area (Å²) in [7, 11) is 0. The van der Waals surface area contributed by atoms with Gasteiger partial charge in [0.2, 0.25) is 0 Å². The molecule has 2 aromatic carbocycles. The highest BCUT2D eigenvalue weighted by Gasteiger charge is 2.30. The molecule has 0 aliphatic rings. The normalized spacial score (nSPS) is 11.3. The highest BCUT2D eigenvalue weighted by molar-refractivity contribution is 5.60. The third-order valence-corrected chi connectivity index (χ3v) is 3.30. The highest BCUT2D eigenvalue weighted by Crippen LogP contribution is 2.33. The van der Waals surface area contributed by atoms with E-state index in [1.165, 1.54) is 24.3 Å². The van der Waals surface area contributed by atoms with E-state index < -0.39 is 23.0 Å². The zero-order valence-electron chi connectivity index (χ0n) is 12.6. The molecule has 0 unspecified atom stereocenters. The van der Waals surface area contributed by atoms with Gasteiger partial charge in [0.1, 0.15) is 11.5 Å². The Morgan fingerprint density at radius 2 is 1.52 bits per heavy atom. The summed E-state index contributed by atoms with van der Waals surface area (Å²) in [4.78, 5) is 27.2. The summed E-state index contributed by atoms with van der Waals surface area (Å²) in [5.74, 6) is 0.282. The van der Waals surface area contributed by atoms with Crippen LogP contribution >= 0.6 is 0 Å². The van der Waals surface area contributed by atoms with Crippen molar-refractivity contribution in [2.24, 2.45) is 0 Å². The molecule has 0 atom stereocenters. The van der Waals surface area contributed by atoms with Crippen molar-refractivity contribution in [3.63, 3.8) is 0 Å². The summed E-state index contributed by atoms with van der Waals surface area (Å²) in [5.41, 5.74) is -1.30. The first-order valence-corrected chi connectivity index (χ1v) is 7.10. The maximum absolute atomic E-state index is 12.7. The van der Waals surface area contributed by atoms with Crippen molar-refractivity contribution in [1.82, 2.24) is 9.97 Å². The van der Waals surface area contributed by atoms with Crippen molar-refractivity contribution in [2.75, 3.05) is 0 Å². The van der Waals surface area contributed by atoms with Gasteiger partial charge >= 0.3 is 11.9 Å². The van der Waals surface area contributed by atoms with Gasteiger partial charge in [0.05, 0.1) is 11.3 Å². The smallest absolute Gasteiger partial charge is 0.416 e. The molecule has 8 heteroatoms. The minimum Gasteiger partial charge on any atom is -0.457 e. The molecule has 0 bridgehead atoms. The summed E-state index contributed by atoms with van der Waals surface area (Å²) < 4.78 is 43.7. The second-order valence-electron chi connectivity index (χ2n) is 5.16. The number of aromatic nitrogens is 2. The Morgan fingerprint density at radius 1 is 0.840 bits per heavy atom. The van der Waals surface area contributed by atoms with Crippen molar-refractivity contribution in [3.05, 3.63) is 81.0 Å². The van der Waals surface area contributed by atoms with E-state index >= 15 is 0 Å². The standard InChI is InChI=1S/C17H11F3N2O3/c18-17(19,20)11-4-2-6-13(8-11)25-12-5-1-3-10(7-12)14-9-15(23)22-16(24)21-14/h1-9H,(H2,21,22,23,24). The molecule has 0 saturated carbocycles. The van der Waals surface area contributed by atoms with E-state index in [1.54, 1.807) is 18.2 Å². The molecular formula is C17H11F3N2O3. The average Bonchev–Trinajstić information content (AvgIpc) is 2.54. The van der Waals surface area contributed by atoms with E-state index in [2.05, 4.69) is 9.97 Å². The van der Waals surface area contributed by atoms with Crippen LogP contribution in [0.25, 0.3) is 11.3 Å². The molecule has 1 heterocycles. The van der Waals surface area contributed by atoms with Gasteiger partial charge in [-0.15, -0.1) is 0 Å². The van der Waals surface area contributed by atoms with Gasteiger partial charge in [-0.05, 0) is 30.3 Å². The number of aromatic amines is 2. The van der Waals surface area contributed by atoms with Crippen LogP contribution in [0.1, 0.15) is 5.56 Å². The SMILES string of the molecule is O=c1cc(-c2cccc(Oc3cccc(C(F)(F)F)c3)c2)[nH]c(=O)[nH]1. The van der Waals surface area contributed by atoms with Gasteiger partial charge in [0.15, 0.2) is 0 Å². The molecule has 0 spiro atoms. The first kappa shape index (κ1) is 16.6. The molecule has 5 nitrogen and oxygen atoms in total. The lowest BCUT2D eigenvalue weighted by molar-refractivity contribution is -0.137. The molecule has 0 radical (unpaired) electrons. The Bertz CT molecular complexity index is 994. The number of ether oxygens (including phenoxy) is 1. The largest absolute Gasteiger partial charge is 0.457 e. The van der Waals surface area contributed by atoms with Gasteiger partial charge in [0, 0.05) is 11.6 Å². The minimum absolute atomic E-state index is 0.0198. The molecule has 0 fully saturated rings. The van der Waals surface area contributed by atoms with E-state index in [-0.39, 0.29) is 17.2 Å². The fourth-order valence-electron chi connectivity index (χ4n) is 2.22. The summed E-state index contributed by atoms with van der Waals surface area (Å²) >= 11 is 0. The van der Waals surface area contributed by atoms with Gasteiger partial charge in [-0.1, -0.05) is 18.2 Å². The van der Waals surface area contributed by atoms with Gasteiger partial charge < -0.3 is 9.72 Å². The van der Waals surface area contributed by atoms with E-state index in [0.717, 1.165) is 12.1 Å². The molecule has 0 saturated heterocycles. The Hall–Kier alpha value is -3.29. The van der Waals surface area contributed by atoms with Crippen molar-refractivity contribution < 1.29 is 17.9 Å². The Morgan fingerprint density at radius 3 is 2.20 bits per heavy atom. The maximum atomic E-state index is 12.7.